The highest BCUT2D eigenvalue weighted by Crippen LogP contribution is 2.24. The number of carbonyl (C=O) groups is 1. The Hall–Kier alpha value is -3.58. The summed E-state index contributed by atoms with van der Waals surface area (Å²) in [7, 11) is 0. The fraction of sp³-hybridized carbons (Fsp3) is 0.192. The van der Waals surface area contributed by atoms with Crippen LogP contribution in [0.25, 0.3) is 11.0 Å². The molecule has 0 bridgehead atoms. The van der Waals surface area contributed by atoms with Crippen molar-refractivity contribution >= 4 is 34.4 Å². The van der Waals surface area contributed by atoms with Crippen LogP contribution in [0.1, 0.15) is 22.4 Å². The van der Waals surface area contributed by atoms with E-state index in [0.717, 1.165) is 32.6 Å². The number of amides is 1. The maximum Gasteiger partial charge on any atom is 0.271 e. The number of fused-ring (bicyclic) bond motifs is 1. The molecule has 0 radical (unpaired) electrons. The van der Waals surface area contributed by atoms with Crippen molar-refractivity contribution in [2.45, 2.75) is 31.4 Å². The van der Waals surface area contributed by atoms with Crippen LogP contribution in [0.5, 0.6) is 5.75 Å². The van der Waals surface area contributed by atoms with Gasteiger partial charge < -0.3 is 15.0 Å². The highest BCUT2D eigenvalue weighted by Gasteiger charge is 2.08. The lowest BCUT2D eigenvalue weighted by Crippen LogP contribution is -2.20. The molecule has 1 aromatic heterocycles. The van der Waals surface area contributed by atoms with Crippen molar-refractivity contribution in [1.82, 2.24) is 9.97 Å². The largest absolute Gasteiger partial charge is 0.484 e. The predicted molar refractivity (Wildman–Crippen MR) is 133 cm³/mol. The number of aromatic amines is 1. The third kappa shape index (κ3) is 5.81. The van der Waals surface area contributed by atoms with Gasteiger partial charge in [0, 0.05) is 16.3 Å². The number of nitrogens with one attached hydrogen (secondary N) is 2. The van der Waals surface area contributed by atoms with Crippen LogP contribution in [0.15, 0.2) is 70.4 Å². The van der Waals surface area contributed by atoms with E-state index in [1.54, 1.807) is 0 Å². The van der Waals surface area contributed by atoms with Gasteiger partial charge in [-0.2, -0.15) is 0 Å². The number of hydrogen-bond acceptors (Lipinski definition) is 5. The van der Waals surface area contributed by atoms with Crippen molar-refractivity contribution in [2.75, 3.05) is 11.9 Å². The monoisotopic (exact) mass is 459 g/mol. The van der Waals surface area contributed by atoms with Crippen molar-refractivity contribution in [1.29, 1.82) is 0 Å². The Morgan fingerprint density at radius 1 is 1.00 bits per heavy atom. The van der Waals surface area contributed by atoms with Crippen LogP contribution < -0.4 is 15.6 Å². The van der Waals surface area contributed by atoms with E-state index in [-0.39, 0.29) is 18.1 Å². The Balaban J connectivity index is 1.33. The molecule has 168 valence electrons. The second-order valence-corrected chi connectivity index (χ2v) is 8.98. The number of nitrogens with zero attached hydrogens (tertiary/aromatic N) is 1. The maximum absolute atomic E-state index is 12.4. The first-order valence-corrected chi connectivity index (χ1v) is 11.6. The number of aryl methyl sites for hydroxylation is 3. The molecule has 33 heavy (non-hydrogen) atoms. The Labute approximate surface area is 196 Å². The number of thioether (sulfide) groups is 1. The van der Waals surface area contributed by atoms with E-state index in [9.17, 15) is 9.59 Å². The summed E-state index contributed by atoms with van der Waals surface area (Å²) in [4.78, 5) is 33.0. The normalized spacial score (nSPS) is 10.9. The van der Waals surface area contributed by atoms with E-state index >= 15 is 0 Å². The molecular weight excluding hydrogens is 434 g/mol. The first-order valence-electron chi connectivity index (χ1n) is 10.6. The van der Waals surface area contributed by atoms with Crippen LogP contribution in [0.3, 0.4) is 0 Å². The summed E-state index contributed by atoms with van der Waals surface area (Å²) in [5, 5.41) is 2.82. The van der Waals surface area contributed by atoms with Crippen LogP contribution in [-0.2, 0) is 10.5 Å². The number of rotatable bonds is 7. The topological polar surface area (TPSA) is 84.1 Å². The first-order chi connectivity index (χ1) is 15.9. The molecular formula is C26H25N3O3S. The Bertz CT molecular complexity index is 1350. The molecule has 2 N–H and O–H groups in total. The molecule has 0 aliphatic heterocycles. The van der Waals surface area contributed by atoms with Gasteiger partial charge in [0.25, 0.3) is 11.5 Å². The van der Waals surface area contributed by atoms with Crippen molar-refractivity contribution in [3.63, 3.8) is 0 Å². The van der Waals surface area contributed by atoms with Gasteiger partial charge in [0.15, 0.2) is 6.61 Å². The van der Waals surface area contributed by atoms with Gasteiger partial charge >= 0.3 is 0 Å². The fourth-order valence-electron chi connectivity index (χ4n) is 3.25. The summed E-state index contributed by atoms with van der Waals surface area (Å²) >= 11 is 1.52. The number of H-pyrrole nitrogens is 1. The zero-order chi connectivity index (χ0) is 23.4. The molecule has 0 aliphatic carbocycles. The second kappa shape index (κ2) is 9.92. The SMILES string of the molecule is Cc1ccc(OCC(=O)Nc2ccc(SCc3nc4cc(C)c(C)cc4[nH]c3=O)cc2)cc1. The molecule has 1 heterocycles. The van der Waals surface area contributed by atoms with Gasteiger partial charge in [-0.05, 0) is 80.4 Å². The molecule has 1 amide bonds. The minimum Gasteiger partial charge on any atom is -0.484 e. The Kier molecular flexibility index (Phi) is 6.79. The number of ether oxygens (including phenoxy) is 1. The van der Waals surface area contributed by atoms with Crippen LogP contribution in [0.2, 0.25) is 0 Å². The zero-order valence-electron chi connectivity index (χ0n) is 18.8. The van der Waals surface area contributed by atoms with E-state index in [1.807, 2.05) is 81.4 Å². The number of aromatic nitrogens is 2. The summed E-state index contributed by atoms with van der Waals surface area (Å²) in [6, 6.07) is 19.0. The smallest absolute Gasteiger partial charge is 0.271 e. The number of benzene rings is 3. The standard InChI is InChI=1S/C26H25N3O3S/c1-16-4-8-20(9-5-16)32-14-25(30)27-19-6-10-21(11-7-19)33-15-24-26(31)29-23-13-18(3)17(2)12-22(23)28-24/h4-13H,14-15H2,1-3H3,(H,27,30)(H,29,31). The summed E-state index contributed by atoms with van der Waals surface area (Å²) in [6.45, 7) is 5.98. The Morgan fingerprint density at radius 3 is 2.42 bits per heavy atom. The molecule has 0 saturated carbocycles. The lowest BCUT2D eigenvalue weighted by Gasteiger charge is -2.09. The van der Waals surface area contributed by atoms with Gasteiger partial charge in [-0.1, -0.05) is 17.7 Å². The van der Waals surface area contributed by atoms with Crippen molar-refractivity contribution in [3.05, 3.63) is 93.4 Å². The quantitative estimate of drug-likeness (QED) is 0.373. The predicted octanol–water partition coefficient (Wildman–Crippen LogP) is 5.16. The molecule has 0 fully saturated rings. The molecule has 0 unspecified atom stereocenters. The van der Waals surface area contributed by atoms with Gasteiger partial charge in [-0.15, -0.1) is 11.8 Å². The van der Waals surface area contributed by atoms with Crippen LogP contribution >= 0.6 is 11.8 Å². The number of anilines is 1. The minimum atomic E-state index is -0.228. The number of hydrogen-bond donors (Lipinski definition) is 2. The summed E-state index contributed by atoms with van der Waals surface area (Å²) in [6.07, 6.45) is 0. The molecule has 0 spiro atoms. The molecule has 6 nitrogen and oxygen atoms in total. The van der Waals surface area contributed by atoms with Gasteiger partial charge in [-0.25, -0.2) is 4.98 Å². The highest BCUT2D eigenvalue weighted by atomic mass is 32.2. The average molecular weight is 460 g/mol. The second-order valence-electron chi connectivity index (χ2n) is 7.93. The van der Waals surface area contributed by atoms with Crippen LogP contribution in [-0.4, -0.2) is 22.5 Å². The molecule has 0 saturated heterocycles. The van der Waals surface area contributed by atoms with Gasteiger partial charge in [-0.3, -0.25) is 9.59 Å². The Morgan fingerprint density at radius 2 is 1.70 bits per heavy atom. The van der Waals surface area contributed by atoms with E-state index < -0.39 is 0 Å². The average Bonchev–Trinajstić information content (AvgIpc) is 2.79. The van der Waals surface area contributed by atoms with E-state index in [2.05, 4.69) is 15.3 Å². The van der Waals surface area contributed by atoms with Crippen LogP contribution in [0.4, 0.5) is 5.69 Å². The number of carbonyl (C=O) groups excluding carboxylic acids is 1. The highest BCUT2D eigenvalue weighted by molar-refractivity contribution is 7.98. The van der Waals surface area contributed by atoms with E-state index in [1.165, 1.54) is 11.8 Å². The van der Waals surface area contributed by atoms with Crippen molar-refractivity contribution < 1.29 is 9.53 Å². The summed E-state index contributed by atoms with van der Waals surface area (Å²) in [5.41, 5.74) is 5.94. The lowest BCUT2D eigenvalue weighted by atomic mass is 10.1. The summed E-state index contributed by atoms with van der Waals surface area (Å²) in [5.74, 6) is 0.882. The summed E-state index contributed by atoms with van der Waals surface area (Å²) < 4.78 is 5.51. The fourth-order valence-corrected chi connectivity index (χ4v) is 4.08. The molecule has 4 rings (SSSR count). The van der Waals surface area contributed by atoms with Gasteiger partial charge in [0.1, 0.15) is 11.4 Å². The molecule has 3 aromatic carbocycles. The van der Waals surface area contributed by atoms with E-state index in [0.29, 0.717) is 22.9 Å². The van der Waals surface area contributed by atoms with Crippen molar-refractivity contribution in [3.8, 4) is 5.75 Å². The van der Waals surface area contributed by atoms with Gasteiger partial charge in [0.05, 0.1) is 11.0 Å². The maximum atomic E-state index is 12.4. The molecule has 0 atom stereocenters. The van der Waals surface area contributed by atoms with Gasteiger partial charge in [0.2, 0.25) is 0 Å². The zero-order valence-corrected chi connectivity index (χ0v) is 19.6. The van der Waals surface area contributed by atoms with E-state index in [4.69, 9.17) is 4.74 Å². The molecule has 4 aromatic rings. The molecule has 7 heteroatoms. The third-order valence-corrected chi connectivity index (χ3v) is 6.31. The molecule has 0 aliphatic rings. The lowest BCUT2D eigenvalue weighted by molar-refractivity contribution is -0.118. The van der Waals surface area contributed by atoms with Crippen LogP contribution in [0, 0.1) is 20.8 Å². The minimum absolute atomic E-state index is 0.0605. The van der Waals surface area contributed by atoms with Crippen molar-refractivity contribution in [2.24, 2.45) is 0 Å². The first kappa shape index (κ1) is 22.6. The third-order valence-electron chi connectivity index (χ3n) is 5.28.